The number of hydrogen-bond donors (Lipinski definition) is 0. The Kier molecular flexibility index (Phi) is 4.06. The number of Topliss-reactive ketones (excluding diaryl/α,β-unsaturated/α-hetero) is 1. The molecule has 4 nitrogen and oxygen atoms in total. The van der Waals surface area contributed by atoms with Crippen LogP contribution in [0.15, 0.2) is 24.3 Å². The molecule has 1 aromatic carbocycles. The van der Waals surface area contributed by atoms with Crippen molar-refractivity contribution in [2.45, 2.75) is 31.6 Å². The maximum Gasteiger partial charge on any atom is 0.178 e. The molecule has 1 aliphatic rings. The fraction of sp³-hybridized carbons (Fsp3) is 0.500. The molecule has 5 heteroatoms. The number of benzene rings is 1. The van der Waals surface area contributed by atoms with Gasteiger partial charge < -0.3 is 4.74 Å². The molecule has 1 heterocycles. The molecule has 0 aromatic heterocycles. The predicted octanol–water partition coefficient (Wildman–Crippen LogP) is 1.77. The first kappa shape index (κ1) is 14.2. The van der Waals surface area contributed by atoms with Gasteiger partial charge >= 0.3 is 0 Å². The maximum atomic E-state index is 12.2. The average molecular weight is 282 g/mol. The van der Waals surface area contributed by atoms with Gasteiger partial charge in [-0.15, -0.1) is 0 Å². The second-order valence-electron chi connectivity index (χ2n) is 4.95. The third kappa shape index (κ3) is 3.04. The average Bonchev–Trinajstić information content (AvgIpc) is 2.76. The SMILES string of the molecule is Cc1ccccc1C(=O)CS(=O)(=O)C1CCOC1C. The van der Waals surface area contributed by atoms with E-state index in [1.165, 1.54) is 0 Å². The lowest BCUT2D eigenvalue weighted by molar-refractivity contribution is 0.101. The zero-order valence-corrected chi connectivity index (χ0v) is 11.9. The Labute approximate surface area is 113 Å². The van der Waals surface area contributed by atoms with Gasteiger partial charge in [0, 0.05) is 12.2 Å². The van der Waals surface area contributed by atoms with Gasteiger partial charge in [0.1, 0.15) is 5.75 Å². The zero-order chi connectivity index (χ0) is 14.0. The largest absolute Gasteiger partial charge is 0.377 e. The molecule has 0 aliphatic carbocycles. The molecule has 1 aromatic rings. The summed E-state index contributed by atoms with van der Waals surface area (Å²) in [4.78, 5) is 12.1. The van der Waals surface area contributed by atoms with Crippen LogP contribution in [0.3, 0.4) is 0 Å². The monoisotopic (exact) mass is 282 g/mol. The Hall–Kier alpha value is -1.20. The topological polar surface area (TPSA) is 60.4 Å². The lowest BCUT2D eigenvalue weighted by atomic mass is 10.1. The van der Waals surface area contributed by atoms with Gasteiger partial charge in [-0.3, -0.25) is 4.79 Å². The van der Waals surface area contributed by atoms with Gasteiger partial charge in [-0.1, -0.05) is 24.3 Å². The Morgan fingerprint density at radius 3 is 2.63 bits per heavy atom. The molecule has 0 radical (unpaired) electrons. The summed E-state index contributed by atoms with van der Waals surface area (Å²) in [5.41, 5.74) is 1.29. The van der Waals surface area contributed by atoms with Gasteiger partial charge in [-0.2, -0.15) is 0 Å². The highest BCUT2D eigenvalue weighted by molar-refractivity contribution is 7.92. The first-order valence-corrected chi connectivity index (χ1v) is 8.05. The Morgan fingerprint density at radius 2 is 2.05 bits per heavy atom. The quantitative estimate of drug-likeness (QED) is 0.790. The molecule has 0 spiro atoms. The number of hydrogen-bond acceptors (Lipinski definition) is 4. The molecule has 104 valence electrons. The highest BCUT2D eigenvalue weighted by atomic mass is 32.2. The molecule has 2 atom stereocenters. The van der Waals surface area contributed by atoms with Crippen molar-refractivity contribution < 1.29 is 17.9 Å². The normalized spacial score (nSPS) is 23.5. The first-order valence-electron chi connectivity index (χ1n) is 6.34. The summed E-state index contributed by atoms with van der Waals surface area (Å²) in [6, 6.07) is 7.05. The van der Waals surface area contributed by atoms with Crippen molar-refractivity contribution in [2.24, 2.45) is 0 Å². The lowest BCUT2D eigenvalue weighted by Crippen LogP contribution is -2.33. The third-order valence-electron chi connectivity index (χ3n) is 3.55. The van der Waals surface area contributed by atoms with Crippen LogP contribution < -0.4 is 0 Å². The summed E-state index contributed by atoms with van der Waals surface area (Å²) >= 11 is 0. The van der Waals surface area contributed by atoms with Crippen LogP contribution in [0, 0.1) is 6.92 Å². The minimum atomic E-state index is -3.45. The molecule has 2 rings (SSSR count). The Bertz CT molecular complexity index is 577. The Morgan fingerprint density at radius 1 is 1.37 bits per heavy atom. The summed E-state index contributed by atoms with van der Waals surface area (Å²) in [6.45, 7) is 4.00. The second kappa shape index (κ2) is 5.43. The molecular weight excluding hydrogens is 264 g/mol. The molecule has 0 N–H and O–H groups in total. The van der Waals surface area contributed by atoms with Gasteiger partial charge in [0.05, 0.1) is 11.4 Å². The maximum absolute atomic E-state index is 12.2. The molecule has 19 heavy (non-hydrogen) atoms. The molecule has 0 saturated carbocycles. The second-order valence-corrected chi connectivity index (χ2v) is 7.17. The van der Waals surface area contributed by atoms with Gasteiger partial charge in [0.25, 0.3) is 0 Å². The van der Waals surface area contributed by atoms with Crippen molar-refractivity contribution >= 4 is 15.6 Å². The van der Waals surface area contributed by atoms with Gasteiger partial charge in [0.15, 0.2) is 15.6 Å². The van der Waals surface area contributed by atoms with Crippen LogP contribution in [0.1, 0.15) is 29.3 Å². The first-order chi connectivity index (χ1) is 8.92. The van der Waals surface area contributed by atoms with E-state index in [1.807, 2.05) is 6.07 Å². The molecule has 1 saturated heterocycles. The van der Waals surface area contributed by atoms with E-state index in [2.05, 4.69) is 0 Å². The number of aryl methyl sites for hydroxylation is 1. The van der Waals surface area contributed by atoms with Crippen molar-refractivity contribution in [2.75, 3.05) is 12.4 Å². The number of rotatable bonds is 4. The summed E-state index contributed by atoms with van der Waals surface area (Å²) < 4.78 is 29.7. The number of ketones is 1. The van der Waals surface area contributed by atoms with Crippen LogP contribution in [-0.2, 0) is 14.6 Å². The van der Waals surface area contributed by atoms with Crippen LogP contribution in [-0.4, -0.2) is 37.9 Å². The van der Waals surface area contributed by atoms with E-state index in [1.54, 1.807) is 32.0 Å². The minimum absolute atomic E-state index is 0.324. The Balaban J connectivity index is 2.17. The summed E-state index contributed by atoms with van der Waals surface area (Å²) in [5.74, 6) is -0.770. The van der Waals surface area contributed by atoms with Crippen LogP contribution in [0.2, 0.25) is 0 Å². The molecule has 0 amide bonds. The van der Waals surface area contributed by atoms with Gasteiger partial charge in [-0.25, -0.2) is 8.42 Å². The van der Waals surface area contributed by atoms with E-state index in [4.69, 9.17) is 4.74 Å². The van der Waals surface area contributed by atoms with E-state index in [-0.39, 0.29) is 11.9 Å². The summed E-state index contributed by atoms with van der Waals surface area (Å²) in [5, 5.41) is -0.555. The number of sulfone groups is 1. The van der Waals surface area contributed by atoms with Gasteiger partial charge in [-0.05, 0) is 25.8 Å². The minimum Gasteiger partial charge on any atom is -0.377 e. The molecule has 2 unspecified atom stereocenters. The summed E-state index contributed by atoms with van der Waals surface area (Å²) in [7, 11) is -3.45. The molecule has 1 fully saturated rings. The van der Waals surface area contributed by atoms with Crippen molar-refractivity contribution in [1.82, 2.24) is 0 Å². The van der Waals surface area contributed by atoms with E-state index in [0.717, 1.165) is 5.56 Å². The summed E-state index contributed by atoms with van der Waals surface area (Å²) in [6.07, 6.45) is 0.152. The van der Waals surface area contributed by atoms with Crippen LogP contribution in [0.5, 0.6) is 0 Å². The standard InChI is InChI=1S/C14H18O4S/c1-10-5-3-4-6-12(10)13(15)9-19(16,17)14-7-8-18-11(14)2/h3-6,11,14H,7-9H2,1-2H3. The van der Waals surface area contributed by atoms with E-state index >= 15 is 0 Å². The van der Waals surface area contributed by atoms with Crippen LogP contribution in [0.4, 0.5) is 0 Å². The fourth-order valence-electron chi connectivity index (χ4n) is 2.44. The van der Waals surface area contributed by atoms with E-state index in [9.17, 15) is 13.2 Å². The number of ether oxygens (including phenoxy) is 1. The van der Waals surface area contributed by atoms with Crippen molar-refractivity contribution in [1.29, 1.82) is 0 Å². The van der Waals surface area contributed by atoms with Crippen molar-refractivity contribution in [3.05, 3.63) is 35.4 Å². The van der Waals surface area contributed by atoms with Crippen LogP contribution >= 0.6 is 0 Å². The number of carbonyl (C=O) groups is 1. The highest BCUT2D eigenvalue weighted by Gasteiger charge is 2.37. The predicted molar refractivity (Wildman–Crippen MR) is 73.1 cm³/mol. The van der Waals surface area contributed by atoms with E-state index in [0.29, 0.717) is 18.6 Å². The highest BCUT2D eigenvalue weighted by Crippen LogP contribution is 2.22. The van der Waals surface area contributed by atoms with Crippen molar-refractivity contribution in [3.63, 3.8) is 0 Å². The van der Waals surface area contributed by atoms with Crippen molar-refractivity contribution in [3.8, 4) is 0 Å². The molecular formula is C14H18O4S. The smallest absolute Gasteiger partial charge is 0.178 e. The molecule has 1 aliphatic heterocycles. The zero-order valence-electron chi connectivity index (χ0n) is 11.1. The fourth-order valence-corrected chi connectivity index (χ4v) is 4.29. The van der Waals surface area contributed by atoms with E-state index < -0.39 is 20.8 Å². The number of carbonyl (C=O) groups excluding carboxylic acids is 1. The van der Waals surface area contributed by atoms with Gasteiger partial charge in [0.2, 0.25) is 0 Å². The molecule has 0 bridgehead atoms. The van der Waals surface area contributed by atoms with Crippen LogP contribution in [0.25, 0.3) is 0 Å². The lowest BCUT2D eigenvalue weighted by Gasteiger charge is -2.14. The third-order valence-corrected chi connectivity index (χ3v) is 5.75.